The Bertz CT molecular complexity index is 1030. The highest BCUT2D eigenvalue weighted by Crippen LogP contribution is 2.38. The van der Waals surface area contributed by atoms with Crippen molar-refractivity contribution in [3.63, 3.8) is 0 Å². The van der Waals surface area contributed by atoms with Gasteiger partial charge in [-0.1, -0.05) is 30.3 Å². The van der Waals surface area contributed by atoms with Gasteiger partial charge in [0.05, 0.1) is 11.8 Å². The minimum absolute atomic E-state index is 0.0682. The van der Waals surface area contributed by atoms with Crippen LogP contribution in [0.15, 0.2) is 42.6 Å². The van der Waals surface area contributed by atoms with E-state index >= 15 is 0 Å². The molecule has 4 rings (SSSR count). The summed E-state index contributed by atoms with van der Waals surface area (Å²) in [5, 5.41) is 15.2. The summed E-state index contributed by atoms with van der Waals surface area (Å²) >= 11 is 0. The molecule has 1 aliphatic heterocycles. The molecule has 2 amide bonds. The lowest BCUT2D eigenvalue weighted by Gasteiger charge is -2.33. The number of nitrogens with one attached hydrogen (secondary N) is 2. The highest BCUT2D eigenvalue weighted by molar-refractivity contribution is 5.92. The number of carbonyl (C=O) groups excluding carboxylic acids is 3. The van der Waals surface area contributed by atoms with Gasteiger partial charge in [-0.15, -0.1) is 0 Å². The van der Waals surface area contributed by atoms with Crippen LogP contribution in [-0.4, -0.2) is 39.3 Å². The number of aryl methyl sites for hydroxylation is 1. The third-order valence-corrected chi connectivity index (χ3v) is 6.15. The zero-order valence-corrected chi connectivity index (χ0v) is 17.2. The number of rotatable bonds is 5. The van der Waals surface area contributed by atoms with Gasteiger partial charge in [-0.05, 0) is 30.0 Å². The standard InChI is InChI=1S/C23H25N3O5/c1-13(27)24-20(14-5-3-2-4-6-14)22(29)25-17-8-7-15-9-10-26-12-16(23(30)31)11-18(28)19(17)21(15)26/h2-6,9-10,16-17,19-20H,7-8,11-12H2,1H3,(H,24,27)(H,25,29)(H,30,31)/t16-,17-,19?,20?/m0/s1. The maximum absolute atomic E-state index is 13.2. The zero-order chi connectivity index (χ0) is 22.1. The van der Waals surface area contributed by atoms with Crippen molar-refractivity contribution in [2.75, 3.05) is 0 Å². The van der Waals surface area contributed by atoms with E-state index in [2.05, 4.69) is 10.6 Å². The second-order valence-corrected chi connectivity index (χ2v) is 8.26. The smallest absolute Gasteiger partial charge is 0.308 e. The first-order valence-electron chi connectivity index (χ1n) is 10.4. The predicted molar refractivity (Wildman–Crippen MR) is 111 cm³/mol. The number of carboxylic acid groups (broad SMARTS) is 1. The second kappa shape index (κ2) is 8.37. The molecule has 2 aliphatic rings. The summed E-state index contributed by atoms with van der Waals surface area (Å²) in [7, 11) is 0. The molecule has 0 radical (unpaired) electrons. The molecule has 0 saturated heterocycles. The van der Waals surface area contributed by atoms with Crippen LogP contribution in [0.2, 0.25) is 0 Å². The molecule has 1 aromatic carbocycles. The summed E-state index contributed by atoms with van der Waals surface area (Å²) in [6, 6.07) is 9.52. The summed E-state index contributed by atoms with van der Waals surface area (Å²) in [4.78, 5) is 49.6. The van der Waals surface area contributed by atoms with E-state index in [0.717, 1.165) is 11.3 Å². The summed E-state index contributed by atoms with van der Waals surface area (Å²) in [5.74, 6) is -3.28. The van der Waals surface area contributed by atoms with Crippen LogP contribution < -0.4 is 10.6 Å². The molecule has 8 heteroatoms. The van der Waals surface area contributed by atoms with Crippen LogP contribution in [-0.2, 0) is 32.1 Å². The molecule has 31 heavy (non-hydrogen) atoms. The number of carboxylic acids is 1. The minimum atomic E-state index is -0.996. The summed E-state index contributed by atoms with van der Waals surface area (Å²) < 4.78 is 1.85. The number of carbonyl (C=O) groups is 4. The average Bonchev–Trinajstić information content (AvgIpc) is 3.07. The lowest BCUT2D eigenvalue weighted by molar-refractivity contribution is -0.144. The van der Waals surface area contributed by atoms with Crippen LogP contribution in [0.25, 0.3) is 0 Å². The van der Waals surface area contributed by atoms with Crippen molar-refractivity contribution in [3.05, 3.63) is 59.4 Å². The molecule has 0 bridgehead atoms. The first kappa shape index (κ1) is 20.8. The van der Waals surface area contributed by atoms with Gasteiger partial charge in [0.25, 0.3) is 0 Å². The zero-order valence-electron chi connectivity index (χ0n) is 17.2. The molecule has 3 N–H and O–H groups in total. The Morgan fingerprint density at radius 1 is 1.16 bits per heavy atom. The Labute approximate surface area is 179 Å². The first-order chi connectivity index (χ1) is 14.8. The van der Waals surface area contributed by atoms with E-state index in [1.807, 2.05) is 22.9 Å². The van der Waals surface area contributed by atoms with Crippen LogP contribution in [0.3, 0.4) is 0 Å². The van der Waals surface area contributed by atoms with Gasteiger partial charge >= 0.3 is 5.97 Å². The van der Waals surface area contributed by atoms with Crippen LogP contribution in [0.1, 0.15) is 48.5 Å². The van der Waals surface area contributed by atoms with E-state index in [1.165, 1.54) is 6.92 Å². The normalized spacial score (nSPS) is 23.3. The first-order valence-corrected chi connectivity index (χ1v) is 10.4. The molecule has 8 nitrogen and oxygen atoms in total. The van der Waals surface area contributed by atoms with Crippen LogP contribution in [0.5, 0.6) is 0 Å². The van der Waals surface area contributed by atoms with E-state index in [4.69, 9.17) is 0 Å². The Hall–Kier alpha value is -3.42. The third-order valence-electron chi connectivity index (χ3n) is 6.15. The molecule has 0 spiro atoms. The van der Waals surface area contributed by atoms with E-state index in [9.17, 15) is 24.3 Å². The fourth-order valence-corrected chi connectivity index (χ4v) is 4.73. The Morgan fingerprint density at radius 3 is 2.58 bits per heavy atom. The van der Waals surface area contributed by atoms with Gasteiger partial charge in [0.2, 0.25) is 11.8 Å². The number of benzene rings is 1. The molecule has 2 unspecified atom stereocenters. The number of Topliss-reactive ketones (excluding diaryl/α,β-unsaturated/α-hetero) is 1. The van der Waals surface area contributed by atoms with Crippen LogP contribution >= 0.6 is 0 Å². The van der Waals surface area contributed by atoms with Gasteiger partial charge in [-0.3, -0.25) is 19.2 Å². The van der Waals surface area contributed by atoms with E-state index in [0.29, 0.717) is 18.4 Å². The quantitative estimate of drug-likeness (QED) is 0.675. The topological polar surface area (TPSA) is 118 Å². The summed E-state index contributed by atoms with van der Waals surface area (Å²) in [6.07, 6.45) is 3.02. The van der Waals surface area contributed by atoms with E-state index < -0.39 is 29.9 Å². The Morgan fingerprint density at radius 2 is 1.90 bits per heavy atom. The van der Waals surface area contributed by atoms with Crippen molar-refractivity contribution in [3.8, 4) is 0 Å². The highest BCUT2D eigenvalue weighted by Gasteiger charge is 2.42. The predicted octanol–water partition coefficient (Wildman–Crippen LogP) is 1.55. The molecular formula is C23H25N3O5. The number of amides is 2. The van der Waals surface area contributed by atoms with Gasteiger partial charge in [0.1, 0.15) is 11.8 Å². The van der Waals surface area contributed by atoms with Gasteiger partial charge in [0, 0.05) is 37.8 Å². The SMILES string of the molecule is CC(=O)NC(C(=O)N[C@H]1CCc2ccn3c2C1C(=O)C[C@H](C(=O)O)C3)c1ccccc1. The number of aliphatic carboxylic acids is 1. The van der Waals surface area contributed by atoms with Crippen molar-refractivity contribution < 1.29 is 24.3 Å². The monoisotopic (exact) mass is 423 g/mol. The van der Waals surface area contributed by atoms with E-state index in [-0.39, 0.29) is 30.6 Å². The van der Waals surface area contributed by atoms with Crippen molar-refractivity contribution in [1.29, 1.82) is 0 Å². The maximum Gasteiger partial charge on any atom is 0.308 e. The highest BCUT2D eigenvalue weighted by atomic mass is 16.4. The van der Waals surface area contributed by atoms with Crippen LogP contribution in [0, 0.1) is 5.92 Å². The lowest BCUT2D eigenvalue weighted by Crippen LogP contribution is -2.49. The third kappa shape index (κ3) is 4.10. The summed E-state index contributed by atoms with van der Waals surface area (Å²) in [5.41, 5.74) is 2.48. The number of aromatic nitrogens is 1. The average molecular weight is 423 g/mol. The second-order valence-electron chi connectivity index (χ2n) is 8.26. The molecule has 2 aromatic rings. The Kier molecular flexibility index (Phi) is 5.63. The van der Waals surface area contributed by atoms with Gasteiger partial charge in [-0.25, -0.2) is 0 Å². The molecule has 162 valence electrons. The van der Waals surface area contributed by atoms with Gasteiger partial charge in [-0.2, -0.15) is 0 Å². The minimum Gasteiger partial charge on any atom is -0.481 e. The Balaban J connectivity index is 1.62. The van der Waals surface area contributed by atoms with Crippen LogP contribution in [0.4, 0.5) is 0 Å². The molecule has 4 atom stereocenters. The molecule has 0 fully saturated rings. The number of nitrogens with zero attached hydrogens (tertiary/aromatic N) is 1. The number of hydrogen-bond donors (Lipinski definition) is 3. The fourth-order valence-electron chi connectivity index (χ4n) is 4.73. The molecule has 1 aromatic heterocycles. The number of ketones is 1. The number of hydrogen-bond acceptors (Lipinski definition) is 4. The van der Waals surface area contributed by atoms with Crippen molar-refractivity contribution in [2.24, 2.45) is 5.92 Å². The van der Waals surface area contributed by atoms with Crippen molar-refractivity contribution in [1.82, 2.24) is 15.2 Å². The lowest BCUT2D eigenvalue weighted by atomic mass is 9.79. The van der Waals surface area contributed by atoms with Crippen molar-refractivity contribution >= 4 is 23.6 Å². The molecular weight excluding hydrogens is 398 g/mol. The van der Waals surface area contributed by atoms with Crippen molar-refractivity contribution in [2.45, 2.75) is 50.7 Å². The fraction of sp³-hybridized carbons (Fsp3) is 0.391. The largest absolute Gasteiger partial charge is 0.481 e. The van der Waals surface area contributed by atoms with Gasteiger partial charge in [0.15, 0.2) is 0 Å². The van der Waals surface area contributed by atoms with Gasteiger partial charge < -0.3 is 20.3 Å². The molecule has 1 aliphatic carbocycles. The van der Waals surface area contributed by atoms with E-state index in [1.54, 1.807) is 24.3 Å². The molecule has 0 saturated carbocycles. The summed E-state index contributed by atoms with van der Waals surface area (Å²) in [6.45, 7) is 1.59. The maximum atomic E-state index is 13.2. The molecule has 2 heterocycles.